The maximum atomic E-state index is 11.3. The Morgan fingerprint density at radius 2 is 1.40 bits per heavy atom. The zero-order valence-corrected chi connectivity index (χ0v) is 13.8. The van der Waals surface area contributed by atoms with Crippen LogP contribution >= 0.6 is 12.1 Å². The number of rotatable bonds is 5. The number of amides is 2. The van der Waals surface area contributed by atoms with Crippen molar-refractivity contribution >= 4 is 24.3 Å². The highest BCUT2D eigenvalue weighted by molar-refractivity contribution is 7.96. The molecule has 0 aliphatic carbocycles. The van der Waals surface area contributed by atoms with Crippen LogP contribution in [0.4, 0.5) is 9.59 Å². The Balaban J connectivity index is 3.54. The number of alkyl carbamates (subject to hydrolysis) is 1. The molecule has 0 aromatic heterocycles. The van der Waals surface area contributed by atoms with Crippen LogP contribution in [-0.2, 0) is 9.47 Å². The third-order valence-corrected chi connectivity index (χ3v) is 2.12. The summed E-state index contributed by atoms with van der Waals surface area (Å²) in [6.07, 6.45) is -0.987. The molecule has 0 bridgehead atoms. The zero-order chi connectivity index (χ0) is 15.8. The maximum Gasteiger partial charge on any atom is 0.418 e. The first-order valence-electron chi connectivity index (χ1n) is 6.34. The summed E-state index contributed by atoms with van der Waals surface area (Å²) in [5, 5.41) is 2.58. The van der Waals surface area contributed by atoms with Crippen molar-refractivity contribution in [1.82, 2.24) is 14.8 Å². The average Bonchev–Trinajstić information content (AvgIpc) is 2.17. The quantitative estimate of drug-likeness (QED) is 0.533. The molecule has 0 spiro atoms. The molecule has 0 aliphatic heterocycles. The van der Waals surface area contributed by atoms with Gasteiger partial charge in [0.05, 0.1) is 0 Å². The predicted molar refractivity (Wildman–Crippen MR) is 79.2 cm³/mol. The van der Waals surface area contributed by atoms with Crippen LogP contribution in [0, 0.1) is 0 Å². The van der Waals surface area contributed by atoms with Crippen LogP contribution in [0.25, 0.3) is 0 Å². The molecule has 8 heteroatoms. The molecule has 20 heavy (non-hydrogen) atoms. The van der Waals surface area contributed by atoms with Gasteiger partial charge in [-0.3, -0.25) is 4.72 Å². The standard InChI is InChI=1S/C12H25N3O4S/c1-11(2,3)18-9(16)13-7-8-14-20-15-10(17)19-12(4,5)6/h14H,7-8H2,1-6H3,(H,13,16)(H,15,17). The first-order chi connectivity index (χ1) is 8.99. The molecule has 0 saturated carbocycles. The Bertz CT molecular complexity index is 292. The van der Waals surface area contributed by atoms with E-state index in [1.807, 2.05) is 0 Å². The summed E-state index contributed by atoms with van der Waals surface area (Å²) in [4.78, 5) is 22.6. The lowest BCUT2D eigenvalue weighted by atomic mass is 10.2. The molecule has 0 heterocycles. The number of hydrogen-bond acceptors (Lipinski definition) is 6. The summed E-state index contributed by atoms with van der Waals surface area (Å²) in [5.74, 6) is 0. The predicted octanol–water partition coefficient (Wildman–Crippen LogP) is 2.19. The van der Waals surface area contributed by atoms with Gasteiger partial charge in [0.1, 0.15) is 11.2 Å². The van der Waals surface area contributed by atoms with Crippen LogP contribution in [0.15, 0.2) is 0 Å². The van der Waals surface area contributed by atoms with E-state index in [4.69, 9.17) is 9.47 Å². The Labute approximate surface area is 124 Å². The van der Waals surface area contributed by atoms with Gasteiger partial charge in [-0.2, -0.15) is 0 Å². The van der Waals surface area contributed by atoms with Gasteiger partial charge < -0.3 is 14.8 Å². The Morgan fingerprint density at radius 1 is 0.900 bits per heavy atom. The second kappa shape index (κ2) is 8.21. The van der Waals surface area contributed by atoms with E-state index in [2.05, 4.69) is 14.8 Å². The third kappa shape index (κ3) is 13.3. The molecule has 118 valence electrons. The van der Waals surface area contributed by atoms with Gasteiger partial charge in [-0.15, -0.1) is 0 Å². The van der Waals surface area contributed by atoms with Crippen molar-refractivity contribution in [1.29, 1.82) is 0 Å². The maximum absolute atomic E-state index is 11.3. The smallest absolute Gasteiger partial charge is 0.418 e. The highest BCUT2D eigenvalue weighted by atomic mass is 32.2. The van der Waals surface area contributed by atoms with Gasteiger partial charge in [-0.05, 0) is 41.5 Å². The fraction of sp³-hybridized carbons (Fsp3) is 0.833. The number of hydrogen-bond donors (Lipinski definition) is 3. The molecule has 0 unspecified atom stereocenters. The molecule has 0 rings (SSSR count). The largest absolute Gasteiger partial charge is 0.444 e. The van der Waals surface area contributed by atoms with E-state index in [9.17, 15) is 9.59 Å². The van der Waals surface area contributed by atoms with Gasteiger partial charge in [-0.25, -0.2) is 14.3 Å². The van der Waals surface area contributed by atoms with E-state index in [1.165, 1.54) is 0 Å². The molecule has 0 fully saturated rings. The van der Waals surface area contributed by atoms with Gasteiger partial charge in [0.25, 0.3) is 0 Å². The molecule has 0 atom stereocenters. The summed E-state index contributed by atoms with van der Waals surface area (Å²) in [5.41, 5.74) is -1.03. The van der Waals surface area contributed by atoms with Crippen molar-refractivity contribution < 1.29 is 19.1 Å². The van der Waals surface area contributed by atoms with Crippen LogP contribution in [-0.4, -0.2) is 36.5 Å². The van der Waals surface area contributed by atoms with Crippen LogP contribution in [0.5, 0.6) is 0 Å². The minimum atomic E-state index is -0.525. The number of carbonyl (C=O) groups is 2. The van der Waals surface area contributed by atoms with Crippen LogP contribution < -0.4 is 14.8 Å². The summed E-state index contributed by atoms with van der Waals surface area (Å²) >= 11 is 1.00. The second-order valence-corrected chi connectivity index (χ2v) is 6.73. The van der Waals surface area contributed by atoms with E-state index in [0.29, 0.717) is 13.1 Å². The van der Waals surface area contributed by atoms with Gasteiger partial charge >= 0.3 is 12.2 Å². The molecule has 0 saturated heterocycles. The van der Waals surface area contributed by atoms with Crippen molar-refractivity contribution in [2.45, 2.75) is 52.7 Å². The first kappa shape index (κ1) is 18.9. The normalized spacial score (nSPS) is 11.7. The first-order valence-corrected chi connectivity index (χ1v) is 7.16. The Kier molecular flexibility index (Phi) is 7.74. The molecule has 0 aromatic rings. The Hall–Kier alpha value is -1.15. The average molecular weight is 307 g/mol. The van der Waals surface area contributed by atoms with E-state index in [-0.39, 0.29) is 0 Å². The summed E-state index contributed by atoms with van der Waals surface area (Å²) in [7, 11) is 0. The lowest BCUT2D eigenvalue weighted by Crippen LogP contribution is -2.36. The van der Waals surface area contributed by atoms with Gasteiger partial charge in [0.2, 0.25) is 0 Å². The SMILES string of the molecule is CC(C)(C)OC(=O)NCCNSNC(=O)OC(C)(C)C. The van der Waals surface area contributed by atoms with Crippen molar-refractivity contribution in [2.75, 3.05) is 13.1 Å². The number of ether oxygens (including phenoxy) is 2. The molecule has 3 N–H and O–H groups in total. The minimum absolute atomic E-state index is 0.387. The highest BCUT2D eigenvalue weighted by Crippen LogP contribution is 2.07. The second-order valence-electron chi connectivity index (χ2n) is 6.03. The minimum Gasteiger partial charge on any atom is -0.444 e. The van der Waals surface area contributed by atoms with E-state index < -0.39 is 23.4 Å². The zero-order valence-electron chi connectivity index (χ0n) is 13.0. The van der Waals surface area contributed by atoms with Gasteiger partial charge in [0, 0.05) is 25.2 Å². The van der Waals surface area contributed by atoms with Gasteiger partial charge in [0.15, 0.2) is 0 Å². The molecule has 0 aliphatic rings. The molecule has 7 nitrogen and oxygen atoms in total. The number of nitrogens with one attached hydrogen (secondary N) is 3. The molecule has 0 aromatic carbocycles. The van der Waals surface area contributed by atoms with Crippen molar-refractivity contribution in [3.63, 3.8) is 0 Å². The lowest BCUT2D eigenvalue weighted by molar-refractivity contribution is 0.0525. The third-order valence-electron chi connectivity index (χ3n) is 1.50. The highest BCUT2D eigenvalue weighted by Gasteiger charge is 2.16. The fourth-order valence-electron chi connectivity index (χ4n) is 0.957. The molecular formula is C12H25N3O4S. The number of carbonyl (C=O) groups excluding carboxylic acids is 2. The van der Waals surface area contributed by atoms with Crippen LogP contribution in [0.2, 0.25) is 0 Å². The van der Waals surface area contributed by atoms with E-state index in [0.717, 1.165) is 12.1 Å². The van der Waals surface area contributed by atoms with Gasteiger partial charge in [-0.1, -0.05) is 0 Å². The van der Waals surface area contributed by atoms with E-state index in [1.54, 1.807) is 41.5 Å². The molecule has 0 radical (unpaired) electrons. The van der Waals surface area contributed by atoms with Crippen LogP contribution in [0.3, 0.4) is 0 Å². The monoisotopic (exact) mass is 307 g/mol. The fourth-order valence-corrected chi connectivity index (χ4v) is 1.36. The lowest BCUT2D eigenvalue weighted by Gasteiger charge is -2.20. The molecule has 2 amide bonds. The topological polar surface area (TPSA) is 88.7 Å². The van der Waals surface area contributed by atoms with Crippen LogP contribution in [0.1, 0.15) is 41.5 Å². The van der Waals surface area contributed by atoms with Crippen molar-refractivity contribution in [2.24, 2.45) is 0 Å². The summed E-state index contributed by atoms with van der Waals surface area (Å²) in [6.45, 7) is 11.6. The Morgan fingerprint density at radius 3 is 1.90 bits per heavy atom. The summed E-state index contributed by atoms with van der Waals surface area (Å²) < 4.78 is 15.4. The van der Waals surface area contributed by atoms with Crippen molar-refractivity contribution in [3.05, 3.63) is 0 Å². The van der Waals surface area contributed by atoms with E-state index >= 15 is 0 Å². The van der Waals surface area contributed by atoms with Crippen molar-refractivity contribution in [3.8, 4) is 0 Å². The molecular weight excluding hydrogens is 282 g/mol. The summed E-state index contributed by atoms with van der Waals surface area (Å²) in [6, 6.07) is 0.